The number of amidine groups is 1. The minimum atomic E-state index is -0.830. The molecule has 1 aliphatic rings. The minimum absolute atomic E-state index is 0.0109. The Labute approximate surface area is 257 Å². The van der Waals surface area contributed by atoms with Gasteiger partial charge in [-0.2, -0.15) is 0 Å². The summed E-state index contributed by atoms with van der Waals surface area (Å²) in [5.41, 5.74) is 4.68. The molecule has 1 amide bonds. The van der Waals surface area contributed by atoms with Gasteiger partial charge < -0.3 is 9.47 Å². The molecule has 1 heterocycles. The van der Waals surface area contributed by atoms with E-state index in [0.29, 0.717) is 39.7 Å². The van der Waals surface area contributed by atoms with Gasteiger partial charge in [-0.15, -0.1) is 11.8 Å². The van der Waals surface area contributed by atoms with Crippen molar-refractivity contribution in [3.63, 3.8) is 0 Å². The van der Waals surface area contributed by atoms with Gasteiger partial charge in [0.1, 0.15) is 28.3 Å². The van der Waals surface area contributed by atoms with Crippen molar-refractivity contribution >= 4 is 87.2 Å². The van der Waals surface area contributed by atoms with Gasteiger partial charge in [0.2, 0.25) is 0 Å². The maximum absolute atomic E-state index is 13.9. The second kappa shape index (κ2) is 13.4. The van der Waals surface area contributed by atoms with Crippen LogP contribution in [0.4, 0.5) is 11.4 Å². The quantitative estimate of drug-likeness (QED) is 0.139. The van der Waals surface area contributed by atoms with Crippen LogP contribution in [0.15, 0.2) is 58.4 Å². The molecule has 1 unspecified atom stereocenters. The molecule has 1 aliphatic heterocycles. The summed E-state index contributed by atoms with van der Waals surface area (Å²) in [4.78, 5) is 19.4. The molecule has 0 aromatic heterocycles. The largest absolute Gasteiger partial charge is 0.492 e. The number of hydrogen-bond donors (Lipinski definition) is 2. The van der Waals surface area contributed by atoms with Crippen LogP contribution in [0.25, 0.3) is 0 Å². The van der Waals surface area contributed by atoms with Crippen LogP contribution in [0.1, 0.15) is 32.3 Å². The summed E-state index contributed by atoms with van der Waals surface area (Å²) < 4.78 is 11.5. The van der Waals surface area contributed by atoms with Crippen LogP contribution in [0.5, 0.6) is 11.5 Å². The SMILES string of the molecule is CCCCOc1ccc(C)cc1SC1C(=O)N(c2c(Cl)cc(Cl)cc2Cl)NC1=Nc1cc(OC(C)=N)ccc1Cl. The zero-order valence-electron chi connectivity index (χ0n) is 21.9. The maximum atomic E-state index is 13.9. The predicted molar refractivity (Wildman–Crippen MR) is 166 cm³/mol. The zero-order valence-corrected chi connectivity index (χ0v) is 25.7. The fraction of sp³-hybridized carbons (Fsp3) is 0.250. The van der Waals surface area contributed by atoms with Crippen LogP contribution in [0, 0.1) is 12.3 Å². The Hall–Kier alpha value is -2.62. The normalized spacial score (nSPS) is 15.9. The number of ether oxygens (including phenoxy) is 2. The molecule has 12 heteroatoms. The topological polar surface area (TPSA) is 87.0 Å². The summed E-state index contributed by atoms with van der Waals surface area (Å²) in [7, 11) is 0. The van der Waals surface area contributed by atoms with E-state index in [2.05, 4.69) is 12.3 Å². The Balaban J connectivity index is 1.79. The van der Waals surface area contributed by atoms with Gasteiger partial charge >= 0.3 is 0 Å². The number of aliphatic imine (C=N–C) groups is 1. The van der Waals surface area contributed by atoms with E-state index in [1.54, 1.807) is 18.2 Å². The molecule has 2 N–H and O–H groups in total. The monoisotopic (exact) mass is 638 g/mol. The standard InChI is InChI=1S/C28H26Cl4N4O3S/c1-4-5-10-38-23-9-6-15(2)11-24(23)40-26-27(34-22-14-18(39-16(3)33)7-8-19(22)30)35-36(28(26)37)25-20(31)12-17(29)13-21(25)32/h6-9,11-14,26,33H,4-5,10H2,1-3H3,(H,34,35). The molecule has 40 heavy (non-hydrogen) atoms. The maximum Gasteiger partial charge on any atom is 0.267 e. The van der Waals surface area contributed by atoms with Crippen molar-refractivity contribution in [2.45, 2.75) is 43.8 Å². The van der Waals surface area contributed by atoms with Gasteiger partial charge in [-0.3, -0.25) is 15.6 Å². The third kappa shape index (κ3) is 7.17. The van der Waals surface area contributed by atoms with Crippen molar-refractivity contribution in [1.29, 1.82) is 5.41 Å². The third-order valence-electron chi connectivity index (χ3n) is 5.65. The number of rotatable bonds is 9. The molecule has 3 aromatic carbocycles. The van der Waals surface area contributed by atoms with E-state index in [0.717, 1.165) is 23.3 Å². The van der Waals surface area contributed by atoms with E-state index < -0.39 is 5.25 Å². The summed E-state index contributed by atoms with van der Waals surface area (Å²) in [6.45, 7) is 6.14. The highest BCUT2D eigenvalue weighted by Crippen LogP contribution is 2.42. The number of thioether (sulfide) groups is 1. The smallest absolute Gasteiger partial charge is 0.267 e. The molecule has 0 spiro atoms. The molecule has 210 valence electrons. The number of hydrazine groups is 1. The molecule has 0 aliphatic carbocycles. The molecule has 1 saturated heterocycles. The highest BCUT2D eigenvalue weighted by Gasteiger charge is 2.41. The molecular formula is C28H26Cl4N4O3S. The number of unbranched alkanes of at least 4 members (excludes halogenated alkanes) is 1. The number of nitrogens with one attached hydrogen (secondary N) is 2. The van der Waals surface area contributed by atoms with Gasteiger partial charge in [-0.1, -0.05) is 65.8 Å². The van der Waals surface area contributed by atoms with Gasteiger partial charge in [0, 0.05) is 18.0 Å². The van der Waals surface area contributed by atoms with Crippen LogP contribution in [-0.4, -0.2) is 29.5 Å². The van der Waals surface area contributed by atoms with Gasteiger partial charge in [0.25, 0.3) is 5.91 Å². The summed E-state index contributed by atoms with van der Waals surface area (Å²) in [6.07, 6.45) is 1.90. The molecule has 4 rings (SSSR count). The second-order valence-corrected chi connectivity index (χ2v) is 11.7. The van der Waals surface area contributed by atoms with Crippen LogP contribution < -0.4 is 19.9 Å². The molecule has 0 radical (unpaired) electrons. The number of aryl methyl sites for hydroxylation is 1. The molecular weight excluding hydrogens is 614 g/mol. The minimum Gasteiger partial charge on any atom is -0.492 e. The van der Waals surface area contributed by atoms with Crippen LogP contribution in [0.3, 0.4) is 0 Å². The molecule has 1 atom stereocenters. The third-order valence-corrected chi connectivity index (χ3v) is 8.00. The number of hydrogen-bond acceptors (Lipinski definition) is 6. The van der Waals surface area contributed by atoms with Crippen molar-refractivity contribution in [3.8, 4) is 11.5 Å². The van der Waals surface area contributed by atoms with Crippen molar-refractivity contribution < 1.29 is 14.3 Å². The molecule has 1 fully saturated rings. The first kappa shape index (κ1) is 30.3. The lowest BCUT2D eigenvalue weighted by Gasteiger charge is -2.19. The lowest BCUT2D eigenvalue weighted by molar-refractivity contribution is -0.116. The van der Waals surface area contributed by atoms with E-state index >= 15 is 0 Å². The van der Waals surface area contributed by atoms with E-state index in [9.17, 15) is 4.79 Å². The highest BCUT2D eigenvalue weighted by atomic mass is 35.5. The fourth-order valence-electron chi connectivity index (χ4n) is 3.79. The number of halogens is 4. The Morgan fingerprint density at radius 2 is 1.80 bits per heavy atom. The van der Waals surface area contributed by atoms with Crippen LogP contribution in [-0.2, 0) is 4.79 Å². The summed E-state index contributed by atoms with van der Waals surface area (Å²) in [5, 5.41) is 9.12. The number of amides is 1. The average Bonchev–Trinajstić information content (AvgIpc) is 3.16. The predicted octanol–water partition coefficient (Wildman–Crippen LogP) is 8.91. The first-order valence-electron chi connectivity index (χ1n) is 12.3. The van der Waals surface area contributed by atoms with Crippen LogP contribution >= 0.6 is 58.2 Å². The second-order valence-electron chi connectivity index (χ2n) is 8.92. The number of carbonyl (C=O) groups excluding carboxylic acids is 1. The van der Waals surface area contributed by atoms with Crippen molar-refractivity contribution in [2.75, 3.05) is 11.6 Å². The Morgan fingerprint density at radius 3 is 2.48 bits per heavy atom. The fourth-order valence-corrected chi connectivity index (χ4v) is 6.11. The molecule has 7 nitrogen and oxygen atoms in total. The lowest BCUT2D eigenvalue weighted by Crippen LogP contribution is -2.36. The van der Waals surface area contributed by atoms with Crippen molar-refractivity contribution in [3.05, 3.63) is 74.2 Å². The number of anilines is 1. The van der Waals surface area contributed by atoms with Crippen molar-refractivity contribution in [1.82, 2.24) is 5.43 Å². The summed E-state index contributed by atoms with van der Waals surface area (Å²) >= 11 is 26.8. The lowest BCUT2D eigenvalue weighted by atomic mass is 10.2. The summed E-state index contributed by atoms with van der Waals surface area (Å²) in [6, 6.07) is 13.7. The average molecular weight is 640 g/mol. The van der Waals surface area contributed by atoms with E-state index in [4.69, 9.17) is 66.3 Å². The van der Waals surface area contributed by atoms with E-state index in [1.165, 1.54) is 35.8 Å². The Bertz CT molecular complexity index is 1460. The molecule has 0 saturated carbocycles. The van der Waals surface area contributed by atoms with Crippen molar-refractivity contribution in [2.24, 2.45) is 4.99 Å². The van der Waals surface area contributed by atoms with Crippen LogP contribution in [0.2, 0.25) is 20.1 Å². The highest BCUT2D eigenvalue weighted by molar-refractivity contribution is 8.01. The van der Waals surface area contributed by atoms with Gasteiger partial charge in [-0.25, -0.2) is 10.0 Å². The molecule has 3 aromatic rings. The summed E-state index contributed by atoms with van der Waals surface area (Å²) in [5.74, 6) is 1.01. The van der Waals surface area contributed by atoms with Gasteiger partial charge in [0.15, 0.2) is 5.90 Å². The first-order valence-corrected chi connectivity index (χ1v) is 14.7. The van der Waals surface area contributed by atoms with E-state index in [-0.39, 0.29) is 27.5 Å². The number of carbonyl (C=O) groups is 1. The Morgan fingerprint density at radius 1 is 1.07 bits per heavy atom. The number of benzene rings is 3. The molecule has 0 bridgehead atoms. The van der Waals surface area contributed by atoms with E-state index in [1.807, 2.05) is 25.1 Å². The zero-order chi connectivity index (χ0) is 29.0. The first-order chi connectivity index (χ1) is 19.1. The number of nitrogens with zero attached hydrogens (tertiary/aromatic N) is 2. The Kier molecular flexibility index (Phi) is 10.1. The van der Waals surface area contributed by atoms with Gasteiger partial charge in [-0.05, 0) is 55.3 Å². The van der Waals surface area contributed by atoms with Gasteiger partial charge in [0.05, 0.1) is 32.3 Å².